The first-order valence-corrected chi connectivity index (χ1v) is 11.4. The number of likely N-dealkylation sites (tertiary alicyclic amines) is 1. The number of carbonyl (C=O) groups excluding carboxylic acids is 1. The van der Waals surface area contributed by atoms with Crippen molar-refractivity contribution in [3.63, 3.8) is 0 Å². The summed E-state index contributed by atoms with van der Waals surface area (Å²) in [4.78, 5) is 22.0. The number of rotatable bonds is 5. The Hall–Kier alpha value is -2.71. The first-order chi connectivity index (χ1) is 14.1. The molecule has 2 N–H and O–H groups in total. The molecule has 4 rings (SSSR count). The third kappa shape index (κ3) is 4.11. The van der Waals surface area contributed by atoms with Crippen LogP contribution in [0.3, 0.4) is 0 Å². The largest absolute Gasteiger partial charge is 0.356 e. The van der Waals surface area contributed by atoms with E-state index in [2.05, 4.69) is 35.5 Å². The molecule has 0 saturated carbocycles. The van der Waals surface area contributed by atoms with Crippen molar-refractivity contribution in [2.24, 2.45) is 0 Å². The highest BCUT2D eigenvalue weighted by Crippen LogP contribution is 2.24. The van der Waals surface area contributed by atoms with Crippen LogP contribution in [-0.2, 0) is 26.8 Å². The van der Waals surface area contributed by atoms with Gasteiger partial charge < -0.3 is 9.88 Å². The molecule has 1 fully saturated rings. The third-order valence-electron chi connectivity index (χ3n) is 5.47. The first-order valence-electron chi connectivity index (χ1n) is 9.97. The van der Waals surface area contributed by atoms with Gasteiger partial charge in [-0.05, 0) is 41.7 Å². The summed E-state index contributed by atoms with van der Waals surface area (Å²) < 4.78 is 28.1. The summed E-state index contributed by atoms with van der Waals surface area (Å²) in [7, 11) is -3.77. The quantitative estimate of drug-likeness (QED) is 0.656. The zero-order valence-electron chi connectivity index (χ0n) is 17.3. The topological polar surface area (TPSA) is 95.2 Å². The number of fused-ring (bicyclic) bond motifs is 1. The SMILES string of the molecule is CC(C)(C)c1ccc(S(=O)(=O)N[C@H]2CCN(Cc3cc4ccncc4[nH]3)C2=O)cc1. The van der Waals surface area contributed by atoms with Gasteiger partial charge in [0.15, 0.2) is 0 Å². The molecule has 1 aromatic carbocycles. The molecule has 3 heterocycles. The molecule has 1 aliphatic heterocycles. The average molecular weight is 427 g/mol. The zero-order valence-corrected chi connectivity index (χ0v) is 18.2. The number of H-pyrrole nitrogens is 1. The summed E-state index contributed by atoms with van der Waals surface area (Å²) in [6, 6.07) is 9.98. The van der Waals surface area contributed by atoms with Crippen molar-refractivity contribution in [1.29, 1.82) is 0 Å². The Kier molecular flexibility index (Phi) is 5.15. The van der Waals surface area contributed by atoms with E-state index in [0.29, 0.717) is 19.5 Å². The Bertz CT molecular complexity index is 1140. The van der Waals surface area contributed by atoms with E-state index in [9.17, 15) is 13.2 Å². The second kappa shape index (κ2) is 7.52. The molecule has 0 spiro atoms. The molecule has 2 aromatic heterocycles. The van der Waals surface area contributed by atoms with Gasteiger partial charge in [0.2, 0.25) is 15.9 Å². The molecule has 3 aromatic rings. The lowest BCUT2D eigenvalue weighted by atomic mass is 9.87. The molecule has 1 saturated heterocycles. The molecular formula is C22H26N4O3S. The number of sulfonamides is 1. The maximum atomic E-state index is 12.8. The van der Waals surface area contributed by atoms with Crippen LogP contribution >= 0.6 is 0 Å². The van der Waals surface area contributed by atoms with Crippen LogP contribution in [0, 0.1) is 0 Å². The molecule has 8 heteroatoms. The Labute approximate surface area is 176 Å². The van der Waals surface area contributed by atoms with E-state index in [-0.39, 0.29) is 16.2 Å². The van der Waals surface area contributed by atoms with Gasteiger partial charge in [-0.2, -0.15) is 4.72 Å². The molecule has 7 nitrogen and oxygen atoms in total. The van der Waals surface area contributed by atoms with E-state index in [1.54, 1.807) is 29.4 Å². The van der Waals surface area contributed by atoms with Crippen LogP contribution in [0.15, 0.2) is 53.7 Å². The van der Waals surface area contributed by atoms with Crippen LogP contribution in [0.4, 0.5) is 0 Å². The molecule has 1 atom stereocenters. The van der Waals surface area contributed by atoms with Crippen molar-refractivity contribution >= 4 is 26.8 Å². The first kappa shape index (κ1) is 20.6. The fraction of sp³-hybridized carbons (Fsp3) is 0.364. The average Bonchev–Trinajstić information content (AvgIpc) is 3.25. The number of aromatic nitrogens is 2. The maximum Gasteiger partial charge on any atom is 0.241 e. The lowest BCUT2D eigenvalue weighted by molar-refractivity contribution is -0.129. The molecule has 0 radical (unpaired) electrons. The van der Waals surface area contributed by atoms with Crippen LogP contribution in [0.5, 0.6) is 0 Å². The fourth-order valence-corrected chi connectivity index (χ4v) is 4.94. The van der Waals surface area contributed by atoms with Gasteiger partial charge in [-0.1, -0.05) is 32.9 Å². The number of nitrogens with one attached hydrogen (secondary N) is 2. The van der Waals surface area contributed by atoms with E-state index >= 15 is 0 Å². The molecule has 1 aliphatic rings. The fourth-order valence-electron chi connectivity index (χ4n) is 3.72. The molecule has 0 unspecified atom stereocenters. The van der Waals surface area contributed by atoms with Crippen molar-refractivity contribution in [2.75, 3.05) is 6.54 Å². The van der Waals surface area contributed by atoms with Crippen molar-refractivity contribution in [3.8, 4) is 0 Å². The molecule has 30 heavy (non-hydrogen) atoms. The Morgan fingerprint density at radius 1 is 1.20 bits per heavy atom. The lowest BCUT2D eigenvalue weighted by Crippen LogP contribution is -2.41. The number of carbonyl (C=O) groups is 1. The summed E-state index contributed by atoms with van der Waals surface area (Å²) >= 11 is 0. The predicted octanol–water partition coefficient (Wildman–Crippen LogP) is 2.94. The summed E-state index contributed by atoms with van der Waals surface area (Å²) in [6.45, 7) is 7.13. The normalized spacial score (nSPS) is 17.8. The summed E-state index contributed by atoms with van der Waals surface area (Å²) in [5, 5.41) is 1.03. The number of hydrogen-bond donors (Lipinski definition) is 2. The minimum atomic E-state index is -3.77. The molecule has 1 amide bonds. The van der Waals surface area contributed by atoms with Crippen molar-refractivity contribution in [1.82, 2.24) is 19.6 Å². The third-order valence-corrected chi connectivity index (χ3v) is 6.95. The van der Waals surface area contributed by atoms with Crippen molar-refractivity contribution < 1.29 is 13.2 Å². The van der Waals surface area contributed by atoms with Crippen molar-refractivity contribution in [2.45, 2.75) is 50.1 Å². The number of pyridine rings is 1. The van der Waals surface area contributed by atoms with Crippen LogP contribution in [0.25, 0.3) is 10.9 Å². The molecule has 158 valence electrons. The molecular weight excluding hydrogens is 400 g/mol. The lowest BCUT2D eigenvalue weighted by Gasteiger charge is -2.19. The zero-order chi connectivity index (χ0) is 21.5. The van der Waals surface area contributed by atoms with Gasteiger partial charge in [-0.15, -0.1) is 0 Å². The second-order valence-corrected chi connectivity index (χ2v) is 10.5. The number of aromatic amines is 1. The van der Waals surface area contributed by atoms with Gasteiger partial charge in [0, 0.05) is 23.8 Å². The monoisotopic (exact) mass is 426 g/mol. The van der Waals surface area contributed by atoms with Crippen LogP contribution in [0.1, 0.15) is 38.4 Å². The van der Waals surface area contributed by atoms with E-state index in [1.807, 2.05) is 24.3 Å². The minimum absolute atomic E-state index is 0.0592. The van der Waals surface area contributed by atoms with Gasteiger partial charge in [-0.3, -0.25) is 9.78 Å². The number of benzene rings is 1. The number of amides is 1. The van der Waals surface area contributed by atoms with E-state index < -0.39 is 16.1 Å². The van der Waals surface area contributed by atoms with Crippen molar-refractivity contribution in [3.05, 3.63) is 60.0 Å². The summed E-state index contributed by atoms with van der Waals surface area (Å²) in [5.74, 6) is -0.207. The van der Waals surface area contributed by atoms with Gasteiger partial charge in [0.1, 0.15) is 6.04 Å². The Balaban J connectivity index is 1.44. The van der Waals surface area contributed by atoms with Gasteiger partial charge in [0.05, 0.1) is 23.2 Å². The summed E-state index contributed by atoms with van der Waals surface area (Å²) in [5.41, 5.74) is 2.80. The van der Waals surface area contributed by atoms with Crippen LogP contribution in [0.2, 0.25) is 0 Å². The van der Waals surface area contributed by atoms with Gasteiger partial charge in [-0.25, -0.2) is 8.42 Å². The van der Waals surface area contributed by atoms with Gasteiger partial charge in [0.25, 0.3) is 0 Å². The maximum absolute atomic E-state index is 12.8. The highest BCUT2D eigenvalue weighted by Gasteiger charge is 2.35. The smallest absolute Gasteiger partial charge is 0.241 e. The standard InChI is InChI=1S/C22H26N4O3S/c1-22(2,3)16-4-6-18(7-5-16)30(28,29)25-19-9-11-26(21(19)27)14-17-12-15-8-10-23-13-20(15)24-17/h4-8,10,12-13,19,24-25H,9,11,14H2,1-3H3/t19-/m0/s1. The Morgan fingerprint density at radius 3 is 2.60 bits per heavy atom. The number of hydrogen-bond acceptors (Lipinski definition) is 4. The second-order valence-electron chi connectivity index (χ2n) is 8.75. The van der Waals surface area contributed by atoms with E-state index in [4.69, 9.17) is 0 Å². The van der Waals surface area contributed by atoms with Crippen LogP contribution in [-0.4, -0.2) is 41.8 Å². The van der Waals surface area contributed by atoms with E-state index in [0.717, 1.165) is 22.2 Å². The molecule has 0 bridgehead atoms. The predicted molar refractivity (Wildman–Crippen MR) is 115 cm³/mol. The Morgan fingerprint density at radius 2 is 1.93 bits per heavy atom. The molecule has 0 aliphatic carbocycles. The minimum Gasteiger partial charge on any atom is -0.356 e. The summed E-state index contributed by atoms with van der Waals surface area (Å²) in [6.07, 6.45) is 3.91. The highest BCUT2D eigenvalue weighted by atomic mass is 32.2. The highest BCUT2D eigenvalue weighted by molar-refractivity contribution is 7.89. The number of nitrogens with zero attached hydrogens (tertiary/aromatic N) is 2. The van der Waals surface area contributed by atoms with Gasteiger partial charge >= 0.3 is 0 Å². The van der Waals surface area contributed by atoms with E-state index in [1.165, 1.54) is 0 Å². The van der Waals surface area contributed by atoms with Crippen LogP contribution < -0.4 is 4.72 Å².